The standard InChI is InChI=1S/C27H33N5O5/c1-3-5-11-20(23(33)25(35)29-13-4-2)30-24(34)21-12-8-14-32(21)26(36)22(31-27(28)37)19-15-17-9-6-7-10-18(17)16-19/h1,4,6-7,9-10,19-22H,2,5,8,11-16H2,(H,29,35)(H,30,34)(H3,28,31,37). The molecular formula is C27H33N5O5. The minimum atomic E-state index is -1.13. The number of rotatable bonds is 11. The number of carbonyl (C=O) groups excluding carboxylic acids is 5. The molecule has 1 aromatic carbocycles. The van der Waals surface area contributed by atoms with Gasteiger partial charge in [-0.2, -0.15) is 0 Å². The van der Waals surface area contributed by atoms with Crippen molar-refractivity contribution in [1.82, 2.24) is 20.9 Å². The number of terminal acetylenes is 1. The quantitative estimate of drug-likeness (QED) is 0.192. The van der Waals surface area contributed by atoms with Crippen molar-refractivity contribution in [3.63, 3.8) is 0 Å². The molecule has 1 heterocycles. The highest BCUT2D eigenvalue weighted by atomic mass is 16.2. The molecule has 3 unspecified atom stereocenters. The second-order valence-electron chi connectivity index (χ2n) is 9.28. The summed E-state index contributed by atoms with van der Waals surface area (Å²) in [6.45, 7) is 3.91. The fraction of sp³-hybridized carbons (Fsp3) is 0.444. The SMILES string of the molecule is C#CCCC(NC(=O)C1CCCN1C(=O)C(NC(N)=O)C1Cc2ccccc2C1)C(=O)C(=O)NCC=C. The average Bonchev–Trinajstić information content (AvgIpc) is 3.54. The Morgan fingerprint density at radius 2 is 1.84 bits per heavy atom. The van der Waals surface area contributed by atoms with E-state index in [1.165, 1.54) is 11.0 Å². The van der Waals surface area contributed by atoms with Crippen molar-refractivity contribution in [3.05, 3.63) is 48.0 Å². The van der Waals surface area contributed by atoms with E-state index in [0.29, 0.717) is 32.2 Å². The van der Waals surface area contributed by atoms with Crippen LogP contribution in [0.4, 0.5) is 4.79 Å². The Labute approximate surface area is 216 Å². The molecule has 2 aliphatic rings. The molecule has 196 valence electrons. The third-order valence-electron chi connectivity index (χ3n) is 6.80. The van der Waals surface area contributed by atoms with Gasteiger partial charge in [-0.15, -0.1) is 18.9 Å². The number of hydrogen-bond donors (Lipinski definition) is 4. The predicted molar refractivity (Wildman–Crippen MR) is 137 cm³/mol. The summed E-state index contributed by atoms with van der Waals surface area (Å²) >= 11 is 0. The normalized spacial score (nSPS) is 18.1. The summed E-state index contributed by atoms with van der Waals surface area (Å²) in [6, 6.07) is 4.13. The van der Waals surface area contributed by atoms with Crippen molar-refractivity contribution in [1.29, 1.82) is 0 Å². The van der Waals surface area contributed by atoms with Gasteiger partial charge in [-0.1, -0.05) is 30.3 Å². The largest absolute Gasteiger partial charge is 0.352 e. The molecule has 10 heteroatoms. The van der Waals surface area contributed by atoms with Crippen LogP contribution in [0.25, 0.3) is 0 Å². The Morgan fingerprint density at radius 1 is 1.16 bits per heavy atom. The van der Waals surface area contributed by atoms with Crippen molar-refractivity contribution in [3.8, 4) is 12.3 Å². The first-order valence-electron chi connectivity index (χ1n) is 12.4. The maximum absolute atomic E-state index is 13.7. The van der Waals surface area contributed by atoms with Crippen LogP contribution in [0.5, 0.6) is 0 Å². The molecule has 1 fully saturated rings. The van der Waals surface area contributed by atoms with E-state index in [4.69, 9.17) is 12.2 Å². The van der Waals surface area contributed by atoms with Crippen LogP contribution in [-0.4, -0.2) is 65.7 Å². The summed E-state index contributed by atoms with van der Waals surface area (Å²) in [5, 5.41) is 7.62. The van der Waals surface area contributed by atoms with Crippen LogP contribution in [0.1, 0.15) is 36.8 Å². The molecule has 1 aliphatic carbocycles. The van der Waals surface area contributed by atoms with E-state index < -0.39 is 47.7 Å². The van der Waals surface area contributed by atoms with Gasteiger partial charge in [0.25, 0.3) is 5.91 Å². The highest BCUT2D eigenvalue weighted by Crippen LogP contribution is 2.30. The number of urea groups is 1. The number of benzene rings is 1. The van der Waals surface area contributed by atoms with Crippen molar-refractivity contribution < 1.29 is 24.0 Å². The van der Waals surface area contributed by atoms with Gasteiger partial charge in [-0.3, -0.25) is 19.2 Å². The first-order chi connectivity index (χ1) is 17.8. The average molecular weight is 508 g/mol. The Hall–Kier alpha value is -4.13. The van der Waals surface area contributed by atoms with Crippen LogP contribution in [0.3, 0.4) is 0 Å². The molecule has 5 amide bonds. The lowest BCUT2D eigenvalue weighted by Crippen LogP contribution is -2.58. The number of hydrogen-bond acceptors (Lipinski definition) is 5. The van der Waals surface area contributed by atoms with Gasteiger partial charge in [0.1, 0.15) is 12.1 Å². The Kier molecular flexibility index (Phi) is 9.44. The van der Waals surface area contributed by atoms with Crippen LogP contribution < -0.4 is 21.7 Å². The van der Waals surface area contributed by atoms with Crippen molar-refractivity contribution in [2.24, 2.45) is 11.7 Å². The first kappa shape index (κ1) is 27.5. The number of carbonyl (C=O) groups is 5. The molecule has 0 radical (unpaired) electrons. The summed E-state index contributed by atoms with van der Waals surface area (Å²) < 4.78 is 0. The molecule has 1 aliphatic heterocycles. The second-order valence-corrected chi connectivity index (χ2v) is 9.28. The molecule has 3 rings (SSSR count). The van der Waals surface area contributed by atoms with E-state index in [9.17, 15) is 24.0 Å². The second kappa shape index (κ2) is 12.7. The van der Waals surface area contributed by atoms with Gasteiger partial charge in [-0.25, -0.2) is 4.79 Å². The van der Waals surface area contributed by atoms with Gasteiger partial charge in [0.2, 0.25) is 17.6 Å². The zero-order valence-electron chi connectivity index (χ0n) is 20.7. The summed E-state index contributed by atoms with van der Waals surface area (Å²) in [5.74, 6) is -0.423. The number of nitrogens with zero attached hydrogens (tertiary/aromatic N) is 1. The molecule has 0 saturated carbocycles. The molecule has 3 atom stereocenters. The zero-order valence-corrected chi connectivity index (χ0v) is 20.7. The zero-order chi connectivity index (χ0) is 26.9. The maximum Gasteiger partial charge on any atom is 0.312 e. The molecule has 0 spiro atoms. The Morgan fingerprint density at radius 3 is 2.43 bits per heavy atom. The minimum Gasteiger partial charge on any atom is -0.352 e. The fourth-order valence-corrected chi connectivity index (χ4v) is 5.02. The van der Waals surface area contributed by atoms with Gasteiger partial charge in [-0.05, 0) is 49.1 Å². The van der Waals surface area contributed by atoms with Crippen molar-refractivity contribution in [2.45, 2.75) is 56.7 Å². The van der Waals surface area contributed by atoms with Gasteiger partial charge in [0, 0.05) is 19.5 Å². The summed E-state index contributed by atoms with van der Waals surface area (Å²) in [5.41, 5.74) is 7.62. The number of Topliss-reactive ketones (excluding diaryl/α,β-unsaturated/α-hetero) is 1. The van der Waals surface area contributed by atoms with Crippen LogP contribution in [0.2, 0.25) is 0 Å². The molecule has 10 nitrogen and oxygen atoms in total. The van der Waals surface area contributed by atoms with Gasteiger partial charge in [0.05, 0.1) is 6.04 Å². The highest BCUT2D eigenvalue weighted by Gasteiger charge is 2.42. The fourth-order valence-electron chi connectivity index (χ4n) is 5.02. The third kappa shape index (κ3) is 6.76. The van der Waals surface area contributed by atoms with Crippen LogP contribution >= 0.6 is 0 Å². The van der Waals surface area contributed by atoms with Crippen LogP contribution in [0, 0.1) is 18.3 Å². The van der Waals surface area contributed by atoms with E-state index in [0.717, 1.165) is 11.1 Å². The number of primary amides is 1. The smallest absolute Gasteiger partial charge is 0.312 e. The van der Waals surface area contributed by atoms with Gasteiger partial charge < -0.3 is 26.6 Å². The van der Waals surface area contributed by atoms with E-state index >= 15 is 0 Å². The lowest BCUT2D eigenvalue weighted by atomic mass is 9.95. The van der Waals surface area contributed by atoms with Crippen LogP contribution in [-0.2, 0) is 32.0 Å². The lowest BCUT2D eigenvalue weighted by molar-refractivity contribution is -0.143. The molecular weight excluding hydrogens is 474 g/mol. The molecule has 1 saturated heterocycles. The first-order valence-corrected chi connectivity index (χ1v) is 12.4. The number of likely N-dealkylation sites (tertiary alicyclic amines) is 1. The number of amides is 5. The third-order valence-corrected chi connectivity index (χ3v) is 6.80. The predicted octanol–water partition coefficient (Wildman–Crippen LogP) is 0.199. The summed E-state index contributed by atoms with van der Waals surface area (Å²) in [4.78, 5) is 65.0. The molecule has 37 heavy (non-hydrogen) atoms. The Balaban J connectivity index is 1.74. The maximum atomic E-state index is 13.7. The number of nitrogens with one attached hydrogen (secondary N) is 3. The molecule has 0 bridgehead atoms. The Bertz CT molecular complexity index is 1090. The number of fused-ring (bicyclic) bond motifs is 1. The van der Waals surface area contributed by atoms with E-state index in [1.807, 2.05) is 24.3 Å². The van der Waals surface area contributed by atoms with E-state index in [1.54, 1.807) is 0 Å². The highest BCUT2D eigenvalue weighted by molar-refractivity contribution is 6.38. The van der Waals surface area contributed by atoms with Crippen molar-refractivity contribution in [2.75, 3.05) is 13.1 Å². The van der Waals surface area contributed by atoms with E-state index in [-0.39, 0.29) is 25.3 Å². The number of ketones is 1. The summed E-state index contributed by atoms with van der Waals surface area (Å²) in [7, 11) is 0. The molecule has 0 aromatic heterocycles. The van der Waals surface area contributed by atoms with Crippen LogP contribution in [0.15, 0.2) is 36.9 Å². The van der Waals surface area contributed by atoms with Gasteiger partial charge >= 0.3 is 6.03 Å². The topological polar surface area (TPSA) is 151 Å². The van der Waals surface area contributed by atoms with Gasteiger partial charge in [0.15, 0.2) is 0 Å². The van der Waals surface area contributed by atoms with Crippen molar-refractivity contribution >= 4 is 29.5 Å². The molecule has 1 aromatic rings. The summed E-state index contributed by atoms with van der Waals surface area (Å²) in [6.07, 6.45) is 9.15. The lowest BCUT2D eigenvalue weighted by Gasteiger charge is -2.31. The number of nitrogens with two attached hydrogens (primary N) is 1. The minimum absolute atomic E-state index is 0.0788. The van der Waals surface area contributed by atoms with E-state index in [2.05, 4.69) is 28.4 Å². The molecule has 5 N–H and O–H groups in total. The monoisotopic (exact) mass is 507 g/mol.